The smallest absolute Gasteiger partial charge is 0.221 e. The molecule has 0 unspecified atom stereocenters. The number of rotatable bonds is 5. The molecule has 5 rings (SSSR count). The normalized spacial score (nSPS) is 10.8. The molecule has 2 aromatic heterocycles. The Kier molecular flexibility index (Phi) is 5.09. The van der Waals surface area contributed by atoms with E-state index >= 15 is 0 Å². The van der Waals surface area contributed by atoms with Gasteiger partial charge in [-0.15, -0.1) is 0 Å². The molecule has 32 heavy (non-hydrogen) atoms. The minimum atomic E-state index is -0.132. The topological polar surface area (TPSA) is 86.5 Å². The number of nitrogens with one attached hydrogen (secondary N) is 3. The maximum atomic E-state index is 11.7. The fraction of sp³-hybridized carbons (Fsp3) is 0.0385. The van der Waals surface area contributed by atoms with Gasteiger partial charge in [-0.2, -0.15) is 10.2 Å². The first kappa shape index (κ1) is 19.5. The van der Waals surface area contributed by atoms with E-state index < -0.39 is 0 Å². The predicted molar refractivity (Wildman–Crippen MR) is 127 cm³/mol. The van der Waals surface area contributed by atoms with Crippen LogP contribution in [0.5, 0.6) is 0 Å². The van der Waals surface area contributed by atoms with Crippen molar-refractivity contribution < 1.29 is 4.79 Å². The van der Waals surface area contributed by atoms with Gasteiger partial charge in [0.1, 0.15) is 0 Å². The van der Waals surface area contributed by atoms with Crippen molar-refractivity contribution in [2.24, 2.45) is 0 Å². The number of carbonyl (C=O) groups excluding carboxylic acids is 1. The quantitative estimate of drug-likeness (QED) is 0.338. The number of hydrogen-bond donors (Lipinski definition) is 3. The van der Waals surface area contributed by atoms with Crippen LogP contribution in [0.4, 0.5) is 5.69 Å². The number of aromatic amines is 2. The molecule has 0 atom stereocenters. The van der Waals surface area contributed by atoms with Crippen LogP contribution in [-0.4, -0.2) is 26.3 Å². The molecule has 0 aliphatic carbocycles. The molecule has 6 nitrogen and oxygen atoms in total. The van der Waals surface area contributed by atoms with E-state index in [9.17, 15) is 4.79 Å². The van der Waals surface area contributed by atoms with Gasteiger partial charge >= 0.3 is 0 Å². The van der Waals surface area contributed by atoms with Crippen LogP contribution >= 0.6 is 0 Å². The standard InChI is InChI=1S/C26H21N5O/c1-17(32)27-22-13-20(25-15-23(28-30-25)18-8-4-2-5-9-18)12-21(14-22)26-16-24(29-31-26)19-10-6-3-7-11-19/h2-16H,1H3,(H,27,32)(H,28,30)(H,29,31). The van der Waals surface area contributed by atoms with E-state index in [4.69, 9.17) is 0 Å². The molecule has 156 valence electrons. The van der Waals surface area contributed by atoms with Gasteiger partial charge in [0.2, 0.25) is 5.91 Å². The van der Waals surface area contributed by atoms with Crippen LogP contribution in [0.2, 0.25) is 0 Å². The highest BCUT2D eigenvalue weighted by molar-refractivity contribution is 5.91. The molecule has 6 heteroatoms. The summed E-state index contributed by atoms with van der Waals surface area (Å²) in [4.78, 5) is 11.7. The summed E-state index contributed by atoms with van der Waals surface area (Å²) in [5.74, 6) is -0.132. The van der Waals surface area contributed by atoms with E-state index in [1.54, 1.807) is 0 Å². The molecule has 2 heterocycles. The van der Waals surface area contributed by atoms with Crippen molar-refractivity contribution in [1.82, 2.24) is 20.4 Å². The Bertz CT molecular complexity index is 1270. The lowest BCUT2D eigenvalue weighted by Crippen LogP contribution is -2.06. The van der Waals surface area contributed by atoms with E-state index in [2.05, 4.69) is 25.7 Å². The van der Waals surface area contributed by atoms with Gasteiger partial charge in [0, 0.05) is 23.7 Å². The minimum Gasteiger partial charge on any atom is -0.326 e. The van der Waals surface area contributed by atoms with Gasteiger partial charge in [-0.25, -0.2) is 0 Å². The number of carbonyl (C=O) groups is 1. The van der Waals surface area contributed by atoms with Gasteiger partial charge in [-0.05, 0) is 41.5 Å². The summed E-state index contributed by atoms with van der Waals surface area (Å²) in [6.07, 6.45) is 0. The highest BCUT2D eigenvalue weighted by Gasteiger charge is 2.12. The number of aromatic nitrogens is 4. The summed E-state index contributed by atoms with van der Waals surface area (Å²) in [6, 6.07) is 29.9. The average molecular weight is 419 g/mol. The monoisotopic (exact) mass is 419 g/mol. The van der Waals surface area contributed by atoms with Crippen molar-refractivity contribution in [3.8, 4) is 45.0 Å². The molecule has 3 aromatic carbocycles. The lowest BCUT2D eigenvalue weighted by molar-refractivity contribution is -0.114. The zero-order chi connectivity index (χ0) is 21.9. The molecule has 0 aliphatic rings. The second-order valence-electron chi connectivity index (χ2n) is 7.55. The van der Waals surface area contributed by atoms with E-state index in [0.717, 1.165) is 45.0 Å². The molecule has 5 aromatic rings. The Morgan fingerprint density at radius 2 is 1.12 bits per heavy atom. The first-order valence-corrected chi connectivity index (χ1v) is 10.3. The summed E-state index contributed by atoms with van der Waals surface area (Å²) in [6.45, 7) is 1.50. The van der Waals surface area contributed by atoms with Crippen LogP contribution < -0.4 is 5.32 Å². The van der Waals surface area contributed by atoms with Gasteiger partial charge in [0.05, 0.1) is 22.8 Å². The summed E-state index contributed by atoms with van der Waals surface area (Å²) in [5.41, 5.74) is 8.01. The van der Waals surface area contributed by atoms with E-state index in [1.165, 1.54) is 6.92 Å². The maximum Gasteiger partial charge on any atom is 0.221 e. The first-order valence-electron chi connectivity index (χ1n) is 10.3. The van der Waals surface area contributed by atoms with Gasteiger partial charge < -0.3 is 5.32 Å². The van der Waals surface area contributed by atoms with Gasteiger partial charge in [0.15, 0.2) is 0 Å². The van der Waals surface area contributed by atoms with Crippen molar-refractivity contribution >= 4 is 11.6 Å². The fourth-order valence-electron chi connectivity index (χ4n) is 3.67. The molecular formula is C26H21N5O. The summed E-state index contributed by atoms with van der Waals surface area (Å²) in [5, 5.41) is 18.1. The van der Waals surface area contributed by atoms with E-state index in [1.807, 2.05) is 91.0 Å². The Morgan fingerprint density at radius 3 is 1.56 bits per heavy atom. The highest BCUT2D eigenvalue weighted by atomic mass is 16.1. The lowest BCUT2D eigenvalue weighted by atomic mass is 10.0. The van der Waals surface area contributed by atoms with Crippen molar-refractivity contribution in [1.29, 1.82) is 0 Å². The average Bonchev–Trinajstić information content (AvgIpc) is 3.50. The number of hydrogen-bond acceptors (Lipinski definition) is 3. The van der Waals surface area contributed by atoms with Crippen LogP contribution in [0.15, 0.2) is 91.0 Å². The third-order valence-corrected chi connectivity index (χ3v) is 5.17. The summed E-state index contributed by atoms with van der Waals surface area (Å²) >= 11 is 0. The van der Waals surface area contributed by atoms with Crippen LogP contribution in [-0.2, 0) is 4.79 Å². The molecule has 0 spiro atoms. The molecule has 0 bridgehead atoms. The van der Waals surface area contributed by atoms with Gasteiger partial charge in [-0.1, -0.05) is 60.7 Å². The molecule has 0 fully saturated rings. The van der Waals surface area contributed by atoms with Crippen LogP contribution in [0.1, 0.15) is 6.92 Å². The molecule has 3 N–H and O–H groups in total. The third kappa shape index (κ3) is 4.06. The van der Waals surface area contributed by atoms with Crippen molar-refractivity contribution in [2.75, 3.05) is 5.32 Å². The summed E-state index contributed by atoms with van der Waals surface area (Å²) in [7, 11) is 0. The van der Waals surface area contributed by atoms with Gasteiger partial charge in [-0.3, -0.25) is 15.0 Å². The Hall–Kier alpha value is -4.45. The van der Waals surface area contributed by atoms with Crippen molar-refractivity contribution in [3.63, 3.8) is 0 Å². The number of H-pyrrole nitrogens is 2. The van der Waals surface area contributed by atoms with E-state index in [-0.39, 0.29) is 5.91 Å². The Morgan fingerprint density at radius 1 is 0.656 bits per heavy atom. The SMILES string of the molecule is CC(=O)Nc1cc(-c2cc(-c3ccccc3)[nH]n2)cc(-c2cc(-c3ccccc3)[nH]n2)c1. The molecule has 0 radical (unpaired) electrons. The largest absolute Gasteiger partial charge is 0.326 e. The summed E-state index contributed by atoms with van der Waals surface area (Å²) < 4.78 is 0. The Balaban J connectivity index is 1.55. The Labute approximate surface area is 185 Å². The first-order chi connectivity index (χ1) is 15.7. The second kappa shape index (κ2) is 8.35. The lowest BCUT2D eigenvalue weighted by Gasteiger charge is -2.08. The van der Waals surface area contributed by atoms with Gasteiger partial charge in [0.25, 0.3) is 0 Å². The van der Waals surface area contributed by atoms with Crippen LogP contribution in [0.3, 0.4) is 0 Å². The third-order valence-electron chi connectivity index (χ3n) is 5.17. The molecule has 0 saturated heterocycles. The predicted octanol–water partition coefficient (Wildman–Crippen LogP) is 5.76. The maximum absolute atomic E-state index is 11.7. The van der Waals surface area contributed by atoms with Crippen molar-refractivity contribution in [2.45, 2.75) is 6.92 Å². The zero-order valence-corrected chi connectivity index (χ0v) is 17.5. The number of amides is 1. The minimum absolute atomic E-state index is 0.132. The molecule has 0 saturated carbocycles. The molecule has 1 amide bonds. The highest BCUT2D eigenvalue weighted by Crippen LogP contribution is 2.32. The van der Waals surface area contributed by atoms with Crippen LogP contribution in [0.25, 0.3) is 45.0 Å². The fourth-order valence-corrected chi connectivity index (χ4v) is 3.67. The van der Waals surface area contributed by atoms with E-state index in [0.29, 0.717) is 5.69 Å². The van der Waals surface area contributed by atoms with Crippen LogP contribution in [0, 0.1) is 0 Å². The van der Waals surface area contributed by atoms with Crippen molar-refractivity contribution in [3.05, 3.63) is 91.0 Å². The second-order valence-corrected chi connectivity index (χ2v) is 7.55. The zero-order valence-electron chi connectivity index (χ0n) is 17.5. The number of nitrogens with zero attached hydrogens (tertiary/aromatic N) is 2. The molecule has 0 aliphatic heterocycles. The number of anilines is 1. The molecular weight excluding hydrogens is 398 g/mol. The number of benzene rings is 3.